The SMILES string of the molecule is CCOC(=O)c1ccc(Nc2ncnc(N(C)Cc3ccccc3)c2[N+](=O)[O-])cc1. The molecule has 2 aromatic carbocycles. The molecular weight excluding hydrogens is 386 g/mol. The Balaban J connectivity index is 1.86. The number of rotatable bonds is 8. The maximum atomic E-state index is 11.8. The number of esters is 1. The van der Waals surface area contributed by atoms with E-state index >= 15 is 0 Å². The summed E-state index contributed by atoms with van der Waals surface area (Å²) in [4.78, 5) is 32.9. The van der Waals surface area contributed by atoms with Crippen molar-refractivity contribution in [3.63, 3.8) is 0 Å². The summed E-state index contributed by atoms with van der Waals surface area (Å²) >= 11 is 0. The summed E-state index contributed by atoms with van der Waals surface area (Å²) in [6.07, 6.45) is 1.28. The Labute approximate surface area is 173 Å². The van der Waals surface area contributed by atoms with Gasteiger partial charge in [-0.25, -0.2) is 14.8 Å². The predicted octanol–water partition coefficient (Wildman–Crippen LogP) is 3.94. The zero-order valence-electron chi connectivity index (χ0n) is 16.6. The Morgan fingerprint density at radius 3 is 2.47 bits per heavy atom. The van der Waals surface area contributed by atoms with Crippen LogP contribution in [0.5, 0.6) is 0 Å². The summed E-state index contributed by atoms with van der Waals surface area (Å²) < 4.78 is 4.95. The van der Waals surface area contributed by atoms with Gasteiger partial charge in [-0.15, -0.1) is 0 Å². The smallest absolute Gasteiger partial charge is 0.353 e. The van der Waals surface area contributed by atoms with Crippen molar-refractivity contribution < 1.29 is 14.5 Å². The zero-order valence-corrected chi connectivity index (χ0v) is 16.6. The number of nitrogens with zero attached hydrogens (tertiary/aromatic N) is 4. The van der Waals surface area contributed by atoms with Crippen molar-refractivity contribution in [1.82, 2.24) is 9.97 Å². The standard InChI is InChI=1S/C21H21N5O4/c1-3-30-21(27)16-9-11-17(12-10-16)24-19-18(26(28)29)20(23-14-22-19)25(2)13-15-7-5-4-6-8-15/h4-12,14H,3,13H2,1-2H3,(H,22,23,24). The number of carbonyl (C=O) groups is 1. The van der Waals surface area contributed by atoms with E-state index in [0.717, 1.165) is 5.56 Å². The summed E-state index contributed by atoms with van der Waals surface area (Å²) in [6, 6.07) is 16.0. The molecule has 1 N–H and O–H groups in total. The van der Waals surface area contributed by atoms with Crippen LogP contribution in [0.1, 0.15) is 22.8 Å². The average molecular weight is 407 g/mol. The van der Waals surface area contributed by atoms with Gasteiger partial charge in [-0.2, -0.15) is 0 Å². The molecule has 0 aliphatic rings. The zero-order chi connectivity index (χ0) is 21.5. The topological polar surface area (TPSA) is 110 Å². The fourth-order valence-electron chi connectivity index (χ4n) is 2.88. The van der Waals surface area contributed by atoms with E-state index in [1.807, 2.05) is 30.3 Å². The van der Waals surface area contributed by atoms with Gasteiger partial charge in [0.15, 0.2) is 0 Å². The molecule has 0 aliphatic carbocycles. The average Bonchev–Trinajstić information content (AvgIpc) is 2.75. The maximum absolute atomic E-state index is 11.8. The Bertz CT molecular complexity index is 1030. The largest absolute Gasteiger partial charge is 0.462 e. The highest BCUT2D eigenvalue weighted by atomic mass is 16.6. The first kappa shape index (κ1) is 20.7. The number of nitrogens with one attached hydrogen (secondary N) is 1. The molecule has 9 nitrogen and oxygen atoms in total. The van der Waals surface area contributed by atoms with Crippen LogP contribution < -0.4 is 10.2 Å². The van der Waals surface area contributed by atoms with Crippen LogP contribution in [-0.2, 0) is 11.3 Å². The molecule has 0 spiro atoms. The second-order valence-electron chi connectivity index (χ2n) is 6.42. The first-order valence-electron chi connectivity index (χ1n) is 9.28. The van der Waals surface area contributed by atoms with E-state index in [4.69, 9.17) is 4.74 Å². The first-order valence-corrected chi connectivity index (χ1v) is 9.28. The van der Waals surface area contributed by atoms with Crippen molar-refractivity contribution >= 4 is 29.0 Å². The van der Waals surface area contributed by atoms with Crippen molar-refractivity contribution in [3.05, 3.63) is 82.2 Å². The van der Waals surface area contributed by atoms with E-state index < -0.39 is 10.9 Å². The number of nitro groups is 1. The van der Waals surface area contributed by atoms with Crippen molar-refractivity contribution in [3.8, 4) is 0 Å². The minimum atomic E-state index is -0.508. The fourth-order valence-corrected chi connectivity index (χ4v) is 2.88. The Morgan fingerprint density at radius 1 is 1.13 bits per heavy atom. The molecule has 0 fully saturated rings. The lowest BCUT2D eigenvalue weighted by Gasteiger charge is -2.19. The van der Waals surface area contributed by atoms with E-state index in [0.29, 0.717) is 17.8 Å². The first-order chi connectivity index (χ1) is 14.5. The molecule has 154 valence electrons. The van der Waals surface area contributed by atoms with Crippen LogP contribution in [-0.4, -0.2) is 34.5 Å². The quantitative estimate of drug-likeness (QED) is 0.340. The molecule has 0 atom stereocenters. The molecular formula is C21H21N5O4. The molecule has 0 saturated heterocycles. The number of benzene rings is 2. The third-order valence-corrected chi connectivity index (χ3v) is 4.27. The van der Waals surface area contributed by atoms with Crippen LogP contribution in [0.15, 0.2) is 60.9 Å². The molecule has 1 heterocycles. The molecule has 3 aromatic rings. The Hall–Kier alpha value is -4.01. The van der Waals surface area contributed by atoms with Gasteiger partial charge in [0.1, 0.15) is 6.33 Å². The number of carbonyl (C=O) groups excluding carboxylic acids is 1. The Morgan fingerprint density at radius 2 is 1.83 bits per heavy atom. The number of aromatic nitrogens is 2. The Kier molecular flexibility index (Phi) is 6.53. The summed E-state index contributed by atoms with van der Waals surface area (Å²) in [5.74, 6) is -0.166. The van der Waals surface area contributed by atoms with E-state index in [-0.39, 0.29) is 23.9 Å². The fraction of sp³-hybridized carbons (Fsp3) is 0.190. The molecule has 0 unspecified atom stereocenters. The molecule has 0 bridgehead atoms. The number of hydrogen-bond acceptors (Lipinski definition) is 8. The second kappa shape index (κ2) is 9.46. The summed E-state index contributed by atoms with van der Waals surface area (Å²) in [7, 11) is 1.74. The van der Waals surface area contributed by atoms with Crippen LogP contribution in [0.3, 0.4) is 0 Å². The highest BCUT2D eigenvalue weighted by Crippen LogP contribution is 2.33. The third kappa shape index (κ3) is 4.88. The molecule has 0 radical (unpaired) electrons. The van der Waals surface area contributed by atoms with Crippen LogP contribution in [0.25, 0.3) is 0 Å². The minimum absolute atomic E-state index is 0.0637. The summed E-state index contributed by atoms with van der Waals surface area (Å²) in [5, 5.41) is 14.7. The van der Waals surface area contributed by atoms with Gasteiger partial charge in [0, 0.05) is 19.3 Å². The van der Waals surface area contributed by atoms with Crippen molar-refractivity contribution in [2.24, 2.45) is 0 Å². The number of anilines is 3. The van der Waals surface area contributed by atoms with Crippen LogP contribution in [0.2, 0.25) is 0 Å². The van der Waals surface area contributed by atoms with Crippen LogP contribution in [0.4, 0.5) is 23.0 Å². The van der Waals surface area contributed by atoms with Gasteiger partial charge in [0.2, 0.25) is 11.6 Å². The maximum Gasteiger partial charge on any atom is 0.353 e. The highest BCUT2D eigenvalue weighted by molar-refractivity contribution is 5.90. The van der Waals surface area contributed by atoms with Gasteiger partial charge >= 0.3 is 11.7 Å². The lowest BCUT2D eigenvalue weighted by molar-refractivity contribution is -0.383. The third-order valence-electron chi connectivity index (χ3n) is 4.27. The molecule has 0 aliphatic heterocycles. The predicted molar refractivity (Wildman–Crippen MR) is 113 cm³/mol. The highest BCUT2D eigenvalue weighted by Gasteiger charge is 2.25. The van der Waals surface area contributed by atoms with E-state index in [9.17, 15) is 14.9 Å². The normalized spacial score (nSPS) is 10.3. The monoisotopic (exact) mass is 407 g/mol. The molecule has 1 aromatic heterocycles. The van der Waals surface area contributed by atoms with Gasteiger partial charge in [-0.05, 0) is 36.8 Å². The molecule has 3 rings (SSSR count). The van der Waals surface area contributed by atoms with Gasteiger partial charge in [-0.3, -0.25) is 10.1 Å². The van der Waals surface area contributed by atoms with Gasteiger partial charge < -0.3 is 15.0 Å². The summed E-state index contributed by atoms with van der Waals surface area (Å²) in [5.41, 5.74) is 1.70. The van der Waals surface area contributed by atoms with Crippen molar-refractivity contribution in [1.29, 1.82) is 0 Å². The van der Waals surface area contributed by atoms with Crippen LogP contribution >= 0.6 is 0 Å². The number of ether oxygens (including phenoxy) is 1. The van der Waals surface area contributed by atoms with Gasteiger partial charge in [0.25, 0.3) is 0 Å². The van der Waals surface area contributed by atoms with Crippen LogP contribution in [0, 0.1) is 10.1 Å². The lowest BCUT2D eigenvalue weighted by Crippen LogP contribution is -2.20. The summed E-state index contributed by atoms with van der Waals surface area (Å²) in [6.45, 7) is 2.46. The van der Waals surface area contributed by atoms with Gasteiger partial charge in [-0.1, -0.05) is 30.3 Å². The molecule has 0 amide bonds. The lowest BCUT2D eigenvalue weighted by atomic mass is 10.2. The van der Waals surface area contributed by atoms with E-state index in [1.165, 1.54) is 6.33 Å². The molecule has 30 heavy (non-hydrogen) atoms. The second-order valence-corrected chi connectivity index (χ2v) is 6.42. The number of hydrogen-bond donors (Lipinski definition) is 1. The van der Waals surface area contributed by atoms with E-state index in [1.54, 1.807) is 43.1 Å². The molecule has 0 saturated carbocycles. The minimum Gasteiger partial charge on any atom is -0.462 e. The van der Waals surface area contributed by atoms with Gasteiger partial charge in [0.05, 0.1) is 17.1 Å². The van der Waals surface area contributed by atoms with Crippen molar-refractivity contribution in [2.75, 3.05) is 23.9 Å². The molecule has 9 heteroatoms. The van der Waals surface area contributed by atoms with E-state index in [2.05, 4.69) is 15.3 Å². The van der Waals surface area contributed by atoms with Crippen molar-refractivity contribution in [2.45, 2.75) is 13.5 Å².